The summed E-state index contributed by atoms with van der Waals surface area (Å²) in [5.41, 5.74) is 3.13. The van der Waals surface area contributed by atoms with Crippen LogP contribution in [0.15, 0.2) is 48.5 Å². The Morgan fingerprint density at radius 3 is 2.56 bits per heavy atom. The molecule has 0 spiro atoms. The average Bonchev–Trinajstić information content (AvgIpc) is 3.20. The number of carbonyl (C=O) groups is 2. The van der Waals surface area contributed by atoms with Gasteiger partial charge in [-0.1, -0.05) is 36.8 Å². The Hall–Kier alpha value is -3.10. The van der Waals surface area contributed by atoms with Gasteiger partial charge >= 0.3 is 6.03 Å². The van der Waals surface area contributed by atoms with Gasteiger partial charge in [0.05, 0.1) is 13.2 Å². The van der Waals surface area contributed by atoms with Gasteiger partial charge in [-0.3, -0.25) is 19.9 Å². The highest BCUT2D eigenvalue weighted by atomic mass is 16.5. The first kappa shape index (κ1) is 22.7. The highest BCUT2D eigenvalue weighted by molar-refractivity contribution is 6.00. The number of rotatable bonds is 5. The Morgan fingerprint density at radius 1 is 1.09 bits per heavy atom. The number of amides is 3. The number of urea groups is 1. The molecule has 8 heteroatoms. The van der Waals surface area contributed by atoms with E-state index in [-0.39, 0.29) is 30.9 Å². The minimum atomic E-state index is -0.426. The van der Waals surface area contributed by atoms with Gasteiger partial charge in [0.25, 0.3) is 5.91 Å². The number of aryl methyl sites for hydroxylation is 1. The highest BCUT2D eigenvalue weighted by Gasteiger charge is 2.56. The SMILES string of the molecule is CCOc1ccc(N2CC(C)CN3C4C(=O)N(Cc5cccc(C)c5)C(=O)N(C)C4NC23)cc1. The summed E-state index contributed by atoms with van der Waals surface area (Å²) in [7, 11) is 1.78. The second kappa shape index (κ2) is 8.92. The van der Waals surface area contributed by atoms with E-state index in [9.17, 15) is 9.59 Å². The van der Waals surface area contributed by atoms with Crippen LogP contribution in [0.4, 0.5) is 10.5 Å². The number of imide groups is 1. The number of fused-ring (bicyclic) bond motifs is 3. The molecule has 180 valence electrons. The summed E-state index contributed by atoms with van der Waals surface area (Å²) in [5.74, 6) is 1.07. The smallest absolute Gasteiger partial charge is 0.328 e. The van der Waals surface area contributed by atoms with Crippen molar-refractivity contribution in [3.63, 3.8) is 0 Å². The predicted molar refractivity (Wildman–Crippen MR) is 130 cm³/mol. The summed E-state index contributed by atoms with van der Waals surface area (Å²) in [4.78, 5) is 34.6. The molecule has 0 saturated carbocycles. The number of ether oxygens (including phenoxy) is 1. The van der Waals surface area contributed by atoms with Crippen molar-refractivity contribution in [2.45, 2.75) is 45.8 Å². The first-order chi connectivity index (χ1) is 16.4. The second-order valence-corrected chi connectivity index (χ2v) is 9.62. The van der Waals surface area contributed by atoms with Crippen LogP contribution in [0.2, 0.25) is 0 Å². The fourth-order valence-corrected chi connectivity index (χ4v) is 5.46. The molecular formula is C26H33N5O3. The van der Waals surface area contributed by atoms with E-state index in [1.54, 1.807) is 11.9 Å². The van der Waals surface area contributed by atoms with Crippen LogP contribution >= 0.6 is 0 Å². The van der Waals surface area contributed by atoms with E-state index >= 15 is 0 Å². The monoisotopic (exact) mass is 463 g/mol. The molecule has 2 aromatic carbocycles. The molecule has 0 bridgehead atoms. The van der Waals surface area contributed by atoms with Gasteiger partial charge in [0.15, 0.2) is 0 Å². The quantitative estimate of drug-likeness (QED) is 0.736. The minimum absolute atomic E-state index is 0.134. The van der Waals surface area contributed by atoms with Gasteiger partial charge in [-0.15, -0.1) is 0 Å². The van der Waals surface area contributed by atoms with E-state index < -0.39 is 6.04 Å². The number of likely N-dealkylation sites (N-methyl/N-ethyl adjacent to an activating group) is 1. The molecule has 3 saturated heterocycles. The van der Waals surface area contributed by atoms with Crippen LogP contribution in [0.25, 0.3) is 0 Å². The summed E-state index contributed by atoms with van der Waals surface area (Å²) in [6, 6.07) is 15.4. The first-order valence-corrected chi connectivity index (χ1v) is 12.0. The minimum Gasteiger partial charge on any atom is -0.494 e. The standard InChI is InChI=1S/C26H33N5O3/c1-5-34-21-11-9-20(10-12-21)29-14-18(3)15-30-22-23(27-25(29)30)28(4)26(33)31(24(22)32)16-19-8-6-7-17(2)13-19/h6-13,18,22-23,25,27H,5,14-16H2,1-4H3. The van der Waals surface area contributed by atoms with Crippen molar-refractivity contribution < 1.29 is 14.3 Å². The van der Waals surface area contributed by atoms with Gasteiger partial charge < -0.3 is 14.5 Å². The third-order valence-corrected chi connectivity index (χ3v) is 6.99. The zero-order valence-corrected chi connectivity index (χ0v) is 20.3. The summed E-state index contributed by atoms with van der Waals surface area (Å²) in [5, 5.41) is 3.59. The number of benzene rings is 2. The van der Waals surface area contributed by atoms with Crippen LogP contribution in [-0.4, -0.2) is 71.9 Å². The van der Waals surface area contributed by atoms with Gasteiger partial charge in [-0.2, -0.15) is 0 Å². The topological polar surface area (TPSA) is 68.4 Å². The summed E-state index contributed by atoms with van der Waals surface area (Å²) in [6.45, 7) is 8.75. The molecule has 4 unspecified atom stereocenters. The Kier molecular flexibility index (Phi) is 5.95. The number of nitrogens with zero attached hydrogens (tertiary/aromatic N) is 4. The third kappa shape index (κ3) is 3.91. The maximum atomic E-state index is 13.7. The molecule has 4 atom stereocenters. The molecule has 3 aliphatic heterocycles. The number of carbonyl (C=O) groups excluding carboxylic acids is 2. The number of hydrogen-bond acceptors (Lipinski definition) is 6. The molecule has 3 aliphatic rings. The summed E-state index contributed by atoms with van der Waals surface area (Å²) >= 11 is 0. The van der Waals surface area contributed by atoms with E-state index in [0.29, 0.717) is 12.5 Å². The summed E-state index contributed by atoms with van der Waals surface area (Å²) < 4.78 is 5.60. The molecule has 3 fully saturated rings. The lowest BCUT2D eigenvalue weighted by Crippen LogP contribution is -2.66. The van der Waals surface area contributed by atoms with Gasteiger partial charge in [0.2, 0.25) is 0 Å². The molecule has 3 amide bonds. The Balaban J connectivity index is 1.42. The fourth-order valence-electron chi connectivity index (χ4n) is 5.46. The number of anilines is 1. The van der Waals surface area contributed by atoms with Gasteiger partial charge in [0, 0.05) is 25.8 Å². The van der Waals surface area contributed by atoms with Crippen molar-refractivity contribution >= 4 is 17.6 Å². The predicted octanol–water partition coefficient (Wildman–Crippen LogP) is 2.83. The zero-order valence-electron chi connectivity index (χ0n) is 20.3. The second-order valence-electron chi connectivity index (χ2n) is 9.62. The molecular weight excluding hydrogens is 430 g/mol. The molecule has 1 N–H and O–H groups in total. The molecule has 3 heterocycles. The Morgan fingerprint density at radius 2 is 1.85 bits per heavy atom. The molecule has 5 rings (SSSR count). The Labute approximate surface area is 201 Å². The van der Waals surface area contributed by atoms with E-state index in [0.717, 1.165) is 35.7 Å². The Bertz CT molecular complexity index is 1070. The third-order valence-electron chi connectivity index (χ3n) is 6.99. The molecule has 8 nitrogen and oxygen atoms in total. The maximum absolute atomic E-state index is 13.7. The van der Waals surface area contributed by atoms with Crippen molar-refractivity contribution in [3.05, 3.63) is 59.7 Å². The van der Waals surface area contributed by atoms with Crippen molar-refractivity contribution in [2.24, 2.45) is 5.92 Å². The number of nitrogens with one attached hydrogen (secondary N) is 1. The highest BCUT2D eigenvalue weighted by Crippen LogP contribution is 2.35. The molecule has 0 aliphatic carbocycles. The lowest BCUT2D eigenvalue weighted by molar-refractivity contribution is -0.139. The van der Waals surface area contributed by atoms with Crippen LogP contribution < -0.4 is 15.0 Å². The summed E-state index contributed by atoms with van der Waals surface area (Å²) in [6.07, 6.45) is -0.531. The number of hydrogen-bond donors (Lipinski definition) is 1. The van der Waals surface area contributed by atoms with Crippen LogP contribution in [0, 0.1) is 12.8 Å². The molecule has 0 radical (unpaired) electrons. The largest absolute Gasteiger partial charge is 0.494 e. The average molecular weight is 464 g/mol. The lowest BCUT2D eigenvalue weighted by Gasteiger charge is -2.46. The molecule has 34 heavy (non-hydrogen) atoms. The van der Waals surface area contributed by atoms with E-state index in [4.69, 9.17) is 4.74 Å². The van der Waals surface area contributed by atoms with E-state index in [2.05, 4.69) is 34.2 Å². The first-order valence-electron chi connectivity index (χ1n) is 12.0. The van der Waals surface area contributed by atoms with E-state index in [1.165, 1.54) is 4.90 Å². The normalized spacial score (nSPS) is 27.1. The van der Waals surface area contributed by atoms with Crippen molar-refractivity contribution in [1.29, 1.82) is 0 Å². The van der Waals surface area contributed by atoms with Crippen LogP contribution in [0.5, 0.6) is 5.75 Å². The van der Waals surface area contributed by atoms with Crippen LogP contribution in [0.3, 0.4) is 0 Å². The van der Waals surface area contributed by atoms with Crippen LogP contribution in [0.1, 0.15) is 25.0 Å². The van der Waals surface area contributed by atoms with E-state index in [1.807, 2.05) is 50.2 Å². The van der Waals surface area contributed by atoms with Crippen molar-refractivity contribution in [2.75, 3.05) is 31.6 Å². The molecule has 2 aromatic rings. The van der Waals surface area contributed by atoms with Crippen molar-refractivity contribution in [1.82, 2.24) is 20.0 Å². The molecule has 0 aromatic heterocycles. The van der Waals surface area contributed by atoms with Crippen LogP contribution in [-0.2, 0) is 11.3 Å². The lowest BCUT2D eigenvalue weighted by atomic mass is 10.0. The fraction of sp³-hybridized carbons (Fsp3) is 0.462. The maximum Gasteiger partial charge on any atom is 0.328 e. The van der Waals surface area contributed by atoms with Gasteiger partial charge in [-0.25, -0.2) is 4.79 Å². The van der Waals surface area contributed by atoms with Crippen molar-refractivity contribution in [3.8, 4) is 5.75 Å². The van der Waals surface area contributed by atoms with Gasteiger partial charge in [-0.05, 0) is 49.6 Å². The zero-order chi connectivity index (χ0) is 24.0. The van der Waals surface area contributed by atoms with Gasteiger partial charge in [0.1, 0.15) is 24.2 Å².